The van der Waals surface area contributed by atoms with Gasteiger partial charge in [-0.25, -0.2) is 0 Å². The van der Waals surface area contributed by atoms with Gasteiger partial charge < -0.3 is 10.2 Å². The summed E-state index contributed by atoms with van der Waals surface area (Å²) >= 11 is 3.42. The fourth-order valence-corrected chi connectivity index (χ4v) is 2.28. The van der Waals surface area contributed by atoms with Gasteiger partial charge in [-0.3, -0.25) is 4.79 Å². The number of halogens is 1. The lowest BCUT2D eigenvalue weighted by Gasteiger charge is -2.08. The summed E-state index contributed by atoms with van der Waals surface area (Å²) in [4.78, 5) is 17.0. The number of oxime groups is 1. The molecule has 1 amide bonds. The van der Waals surface area contributed by atoms with Crippen LogP contribution < -0.4 is 5.32 Å². The maximum atomic E-state index is 11.8. The van der Waals surface area contributed by atoms with Gasteiger partial charge >= 0.3 is 0 Å². The molecule has 1 fully saturated rings. The highest BCUT2D eigenvalue weighted by atomic mass is 79.9. The third-order valence-electron chi connectivity index (χ3n) is 3.04. The van der Waals surface area contributed by atoms with Gasteiger partial charge in [-0.2, -0.15) is 0 Å². The quantitative estimate of drug-likeness (QED) is 0.931. The van der Waals surface area contributed by atoms with Crippen LogP contribution in [0.15, 0.2) is 33.9 Å². The van der Waals surface area contributed by atoms with Crippen LogP contribution in [-0.4, -0.2) is 23.8 Å². The smallest absolute Gasteiger partial charge is 0.264 e. The van der Waals surface area contributed by atoms with Crippen LogP contribution in [-0.2, 0) is 9.63 Å². The predicted molar refractivity (Wildman–Crippen MR) is 71.3 cm³/mol. The highest BCUT2D eigenvalue weighted by Crippen LogP contribution is 2.22. The highest BCUT2D eigenvalue weighted by molar-refractivity contribution is 9.10. The number of rotatable bonds is 3. The van der Waals surface area contributed by atoms with Crippen LogP contribution in [0, 0.1) is 0 Å². The van der Waals surface area contributed by atoms with E-state index in [4.69, 9.17) is 4.84 Å². The Morgan fingerprint density at radius 3 is 3.00 bits per heavy atom. The summed E-state index contributed by atoms with van der Waals surface area (Å²) in [5.74, 6) is -0.0498. The first kappa shape index (κ1) is 11.7. The minimum atomic E-state index is -0.473. The van der Waals surface area contributed by atoms with Crippen molar-refractivity contribution in [2.75, 3.05) is 0 Å². The van der Waals surface area contributed by atoms with Gasteiger partial charge in [0.1, 0.15) is 0 Å². The molecule has 1 aromatic rings. The highest BCUT2D eigenvalue weighted by Gasteiger charge is 2.32. The van der Waals surface area contributed by atoms with E-state index in [0.717, 1.165) is 28.6 Å². The minimum Gasteiger partial charge on any atom is -0.382 e. The second kappa shape index (κ2) is 4.72. The minimum absolute atomic E-state index is 0.0498. The molecule has 0 aromatic heterocycles. The second-order valence-electron chi connectivity index (χ2n) is 4.63. The number of nitrogens with one attached hydrogen (secondary N) is 1. The van der Waals surface area contributed by atoms with Crippen LogP contribution in [0.3, 0.4) is 0 Å². The number of carbonyl (C=O) groups is 1. The van der Waals surface area contributed by atoms with Gasteiger partial charge in [-0.05, 0) is 25.0 Å². The fraction of sp³-hybridized carbons (Fsp3) is 0.385. The van der Waals surface area contributed by atoms with E-state index >= 15 is 0 Å². The average molecular weight is 309 g/mol. The van der Waals surface area contributed by atoms with Gasteiger partial charge in [0, 0.05) is 22.5 Å². The van der Waals surface area contributed by atoms with E-state index in [1.807, 2.05) is 24.3 Å². The molecule has 1 aromatic carbocycles. The molecule has 94 valence electrons. The molecule has 0 bridgehead atoms. The van der Waals surface area contributed by atoms with E-state index in [-0.39, 0.29) is 5.91 Å². The fourth-order valence-electron chi connectivity index (χ4n) is 1.88. The van der Waals surface area contributed by atoms with Crippen LogP contribution in [0.5, 0.6) is 0 Å². The lowest BCUT2D eigenvalue weighted by molar-refractivity contribution is -0.131. The summed E-state index contributed by atoms with van der Waals surface area (Å²) in [5, 5.41) is 6.94. The Morgan fingerprint density at radius 1 is 1.44 bits per heavy atom. The van der Waals surface area contributed by atoms with Gasteiger partial charge in [0.25, 0.3) is 5.91 Å². The molecule has 1 aliphatic heterocycles. The Labute approximate surface area is 114 Å². The van der Waals surface area contributed by atoms with Crippen molar-refractivity contribution >= 4 is 27.5 Å². The summed E-state index contributed by atoms with van der Waals surface area (Å²) < 4.78 is 0.994. The van der Waals surface area contributed by atoms with Crippen molar-refractivity contribution < 1.29 is 9.63 Å². The van der Waals surface area contributed by atoms with Crippen molar-refractivity contribution in [3.63, 3.8) is 0 Å². The Kier molecular flexibility index (Phi) is 3.07. The number of hydrogen-bond donors (Lipinski definition) is 1. The van der Waals surface area contributed by atoms with E-state index < -0.39 is 6.10 Å². The van der Waals surface area contributed by atoms with Gasteiger partial charge in [0.2, 0.25) is 6.10 Å². The largest absolute Gasteiger partial charge is 0.382 e. The zero-order valence-corrected chi connectivity index (χ0v) is 11.3. The maximum absolute atomic E-state index is 11.8. The molecule has 0 saturated heterocycles. The normalized spacial score (nSPS) is 22.3. The number of carbonyl (C=O) groups excluding carboxylic acids is 1. The summed E-state index contributed by atoms with van der Waals surface area (Å²) in [5.41, 5.74) is 1.82. The molecule has 1 saturated carbocycles. The van der Waals surface area contributed by atoms with Crippen molar-refractivity contribution in [3.8, 4) is 0 Å². The van der Waals surface area contributed by atoms with Gasteiger partial charge in [-0.1, -0.05) is 33.2 Å². The van der Waals surface area contributed by atoms with Gasteiger partial charge in [-0.15, -0.1) is 0 Å². The first-order chi connectivity index (χ1) is 8.72. The molecule has 0 spiro atoms. The molecular weight excluding hydrogens is 296 g/mol. The zero-order chi connectivity index (χ0) is 12.5. The SMILES string of the molecule is O=C(NC1CC1)C1CC(c2cccc(Br)c2)=NO1. The average Bonchev–Trinajstić information content (AvgIpc) is 3.03. The number of nitrogens with zero attached hydrogens (tertiary/aromatic N) is 1. The monoisotopic (exact) mass is 308 g/mol. The van der Waals surface area contributed by atoms with Crippen LogP contribution in [0.2, 0.25) is 0 Å². The number of hydrogen-bond acceptors (Lipinski definition) is 3. The van der Waals surface area contributed by atoms with E-state index in [0.29, 0.717) is 12.5 Å². The van der Waals surface area contributed by atoms with Crippen molar-refractivity contribution in [1.29, 1.82) is 0 Å². The molecule has 1 heterocycles. The summed E-state index contributed by atoms with van der Waals surface area (Å²) in [6.45, 7) is 0. The lowest BCUT2D eigenvalue weighted by Crippen LogP contribution is -2.36. The predicted octanol–water partition coefficient (Wildman–Crippen LogP) is 2.22. The van der Waals surface area contributed by atoms with Gasteiger partial charge in [0.05, 0.1) is 5.71 Å². The molecule has 4 nitrogen and oxygen atoms in total. The van der Waals surface area contributed by atoms with Crippen molar-refractivity contribution in [3.05, 3.63) is 34.3 Å². The van der Waals surface area contributed by atoms with Crippen molar-refractivity contribution in [2.24, 2.45) is 5.16 Å². The molecule has 1 unspecified atom stereocenters. The molecular formula is C13H13BrN2O2. The molecule has 2 aliphatic rings. The molecule has 1 atom stereocenters. The third-order valence-corrected chi connectivity index (χ3v) is 3.54. The Hall–Kier alpha value is -1.36. The van der Waals surface area contributed by atoms with Crippen LogP contribution in [0.25, 0.3) is 0 Å². The summed E-state index contributed by atoms with van der Waals surface area (Å²) in [6, 6.07) is 8.20. The Morgan fingerprint density at radius 2 is 2.28 bits per heavy atom. The summed E-state index contributed by atoms with van der Waals surface area (Å²) in [7, 11) is 0. The maximum Gasteiger partial charge on any atom is 0.264 e. The standard InChI is InChI=1S/C13H13BrN2O2/c14-9-3-1-2-8(6-9)11-7-12(18-16-11)13(17)15-10-4-5-10/h1-3,6,10,12H,4-5,7H2,(H,15,17). The molecule has 1 N–H and O–H groups in total. The van der Waals surface area contributed by atoms with Crippen molar-refractivity contribution in [1.82, 2.24) is 5.32 Å². The van der Waals surface area contributed by atoms with Crippen LogP contribution >= 0.6 is 15.9 Å². The zero-order valence-electron chi connectivity index (χ0n) is 9.73. The summed E-state index contributed by atoms with van der Waals surface area (Å²) in [6.07, 6.45) is 2.23. The Bertz CT molecular complexity index is 511. The van der Waals surface area contributed by atoms with E-state index in [1.165, 1.54) is 0 Å². The first-order valence-electron chi connectivity index (χ1n) is 6.01. The van der Waals surface area contributed by atoms with Crippen LogP contribution in [0.4, 0.5) is 0 Å². The third kappa shape index (κ3) is 2.56. The first-order valence-corrected chi connectivity index (χ1v) is 6.81. The van der Waals surface area contributed by atoms with Crippen LogP contribution in [0.1, 0.15) is 24.8 Å². The van der Waals surface area contributed by atoms with E-state index in [2.05, 4.69) is 26.4 Å². The lowest BCUT2D eigenvalue weighted by atomic mass is 10.0. The second-order valence-corrected chi connectivity index (χ2v) is 5.55. The molecule has 0 radical (unpaired) electrons. The topological polar surface area (TPSA) is 50.7 Å². The number of amides is 1. The molecule has 1 aliphatic carbocycles. The Balaban J connectivity index is 1.65. The van der Waals surface area contributed by atoms with Gasteiger partial charge in [0.15, 0.2) is 0 Å². The molecule has 3 rings (SSSR count). The molecule has 5 heteroatoms. The van der Waals surface area contributed by atoms with E-state index in [9.17, 15) is 4.79 Å². The molecule has 18 heavy (non-hydrogen) atoms. The van der Waals surface area contributed by atoms with Crippen molar-refractivity contribution in [2.45, 2.75) is 31.4 Å². The number of benzene rings is 1. The van der Waals surface area contributed by atoms with E-state index in [1.54, 1.807) is 0 Å².